The Morgan fingerprint density at radius 1 is 0.720 bits per heavy atom. The Bertz CT molecular complexity index is 3060. The fourth-order valence-corrected chi connectivity index (χ4v) is 10.6. The first-order chi connectivity index (χ1) is 38.5. The van der Waals surface area contributed by atoms with Crippen molar-refractivity contribution in [3.63, 3.8) is 0 Å². The van der Waals surface area contributed by atoms with Crippen LogP contribution in [-0.2, 0) is 48.9 Å². The number of likely N-dealkylation sites (N-methyl/N-ethyl adjacent to an activating group) is 1. The van der Waals surface area contributed by atoms with Gasteiger partial charge in [0, 0.05) is 43.2 Å². The summed E-state index contributed by atoms with van der Waals surface area (Å²) >= 11 is 0. The van der Waals surface area contributed by atoms with Crippen LogP contribution < -0.4 is 42.4 Å². The van der Waals surface area contributed by atoms with Crippen molar-refractivity contribution in [3.05, 3.63) is 131 Å². The molecule has 1 aliphatic carbocycles. The molecule has 0 aliphatic heterocycles. The number of alkyl carbamates (subject to hydrolysis) is 2. The molecular weight excluding hydrogens is 1070 g/mol. The van der Waals surface area contributed by atoms with Gasteiger partial charge in [-0.15, -0.1) is 0 Å². The predicted molar refractivity (Wildman–Crippen MR) is 311 cm³/mol. The highest BCUT2D eigenvalue weighted by Gasteiger charge is 2.44. The number of nitrogens with zero attached hydrogens (tertiary/aromatic N) is 1. The lowest BCUT2D eigenvalue weighted by molar-refractivity contribution is -0.143. The molecule has 0 unspecified atom stereocenters. The molecule has 0 spiro atoms. The number of urea groups is 1. The number of rotatable bonds is 24. The van der Waals surface area contributed by atoms with Gasteiger partial charge in [-0.1, -0.05) is 147 Å². The number of fused-ring (bicyclic) bond motifs is 3. The van der Waals surface area contributed by atoms with E-state index in [2.05, 4.69) is 36.6 Å². The Kier molecular flexibility index (Phi) is 22.0. The van der Waals surface area contributed by atoms with E-state index in [0.29, 0.717) is 5.56 Å². The van der Waals surface area contributed by atoms with Crippen molar-refractivity contribution < 1.29 is 56.2 Å². The summed E-state index contributed by atoms with van der Waals surface area (Å²) in [6, 6.07) is 24.6. The zero-order chi connectivity index (χ0) is 60.9. The van der Waals surface area contributed by atoms with E-state index >= 15 is 0 Å². The summed E-state index contributed by atoms with van der Waals surface area (Å²) in [5.41, 5.74) is 8.22. The van der Waals surface area contributed by atoms with E-state index < -0.39 is 105 Å². The van der Waals surface area contributed by atoms with Crippen LogP contribution in [0.5, 0.6) is 0 Å². The molecule has 442 valence electrons. The molecule has 1 aliphatic rings. The van der Waals surface area contributed by atoms with Crippen LogP contribution in [0.2, 0.25) is 0 Å². The Morgan fingerprint density at radius 2 is 1.29 bits per heavy atom. The lowest BCUT2D eigenvalue weighted by atomic mass is 9.78. The number of amides is 9. The smallest absolute Gasteiger partial charge is 0.407 e. The maximum Gasteiger partial charge on any atom is 0.407 e. The maximum atomic E-state index is 14.5. The van der Waals surface area contributed by atoms with Crippen LogP contribution in [0.3, 0.4) is 0 Å². The van der Waals surface area contributed by atoms with Gasteiger partial charge in [-0.3, -0.25) is 24.0 Å². The first-order valence-electron chi connectivity index (χ1n) is 27.1. The van der Waals surface area contributed by atoms with Crippen molar-refractivity contribution in [3.8, 4) is 11.1 Å². The Morgan fingerprint density at radius 3 is 1.83 bits per heavy atom. The van der Waals surface area contributed by atoms with E-state index in [9.17, 15) is 46.8 Å². The topological polar surface area (TPSA) is 303 Å². The van der Waals surface area contributed by atoms with Crippen molar-refractivity contribution >= 4 is 63.5 Å². The van der Waals surface area contributed by atoms with Crippen molar-refractivity contribution in [2.75, 3.05) is 32.6 Å². The highest BCUT2D eigenvalue weighted by Crippen LogP contribution is 2.44. The summed E-state index contributed by atoms with van der Waals surface area (Å²) in [6.45, 7) is 17.3. The van der Waals surface area contributed by atoms with E-state index in [1.165, 1.54) is 44.1 Å². The zero-order valence-corrected chi connectivity index (χ0v) is 49.5. The van der Waals surface area contributed by atoms with Gasteiger partial charge in [0.1, 0.15) is 24.7 Å². The first kappa shape index (κ1) is 64.5. The van der Waals surface area contributed by atoms with Crippen LogP contribution >= 0.6 is 0 Å². The zero-order valence-electron chi connectivity index (χ0n) is 48.7. The second kappa shape index (κ2) is 27.9. The van der Waals surface area contributed by atoms with Crippen molar-refractivity contribution in [1.29, 1.82) is 0 Å². The van der Waals surface area contributed by atoms with Crippen LogP contribution in [-0.4, -0.2) is 119 Å². The van der Waals surface area contributed by atoms with Crippen LogP contribution in [0.25, 0.3) is 11.1 Å². The second-order valence-corrected chi connectivity index (χ2v) is 24.3. The minimum atomic E-state index is -4.53. The van der Waals surface area contributed by atoms with Crippen LogP contribution in [0, 0.1) is 17.3 Å². The summed E-state index contributed by atoms with van der Waals surface area (Å²) < 4.78 is 40.7. The number of hydrogen-bond acceptors (Lipinski definition) is 12. The number of carbonyl (C=O) groups excluding carboxylic acids is 8. The highest BCUT2D eigenvalue weighted by molar-refractivity contribution is 7.90. The molecule has 9 amide bonds. The number of nitrogens with two attached hydrogens (primary N) is 1. The molecule has 82 heavy (non-hydrogen) atoms. The Balaban J connectivity index is 1.25. The standard InChI is InChI=1S/C60H79N9O12S/c1-35(2)47(69(12)55(74)49(59(6,7)8)67-54(73)50(81-57(76)62-11)60(9,10)38-21-14-13-15-22-38)33-37(5)51(70)68-82(78,79)40-30-28-39(29-31-40)64-52(71)46(27-20-32-63-56(61)75)65-53(72)48(36(3)4)66-58(77)80-34-45-43-25-18-16-23-41(43)42-24-17-19-26-44(42)45/h13-19,21-26,28-31,33,35-36,45-50H,20,27,32,34H2,1-12H3,(H,62,76)(H,64,71)(H,65,72)(H,66,77)(H,67,73)(H,68,70)(H3,61,63,75)/b37-33+/t46-,47+,48-,49+,50+/m0/s1. The number of anilines is 1. The van der Waals surface area contributed by atoms with Crippen LogP contribution in [0.15, 0.2) is 120 Å². The van der Waals surface area contributed by atoms with E-state index in [1.807, 2.05) is 54.6 Å². The van der Waals surface area contributed by atoms with Gasteiger partial charge in [-0.25, -0.2) is 27.5 Å². The molecule has 5 atom stereocenters. The van der Waals surface area contributed by atoms with Gasteiger partial charge in [0.05, 0.1) is 10.9 Å². The lowest BCUT2D eigenvalue weighted by Gasteiger charge is -2.39. The van der Waals surface area contributed by atoms with Gasteiger partial charge >= 0.3 is 18.2 Å². The minimum absolute atomic E-state index is 0.00802. The van der Waals surface area contributed by atoms with Crippen molar-refractivity contribution in [2.24, 2.45) is 23.0 Å². The molecule has 22 heteroatoms. The van der Waals surface area contributed by atoms with Gasteiger partial charge < -0.3 is 52.0 Å². The van der Waals surface area contributed by atoms with Crippen LogP contribution in [0.4, 0.5) is 20.1 Å². The molecule has 0 fully saturated rings. The first-order valence-corrected chi connectivity index (χ1v) is 28.6. The number of sulfonamides is 1. The van der Waals surface area contributed by atoms with E-state index in [0.717, 1.165) is 34.4 Å². The minimum Gasteiger partial charge on any atom is -0.449 e. The fourth-order valence-electron chi connectivity index (χ4n) is 9.57. The van der Waals surface area contributed by atoms with Gasteiger partial charge in [0.25, 0.3) is 21.8 Å². The normalized spacial score (nSPS) is 14.3. The number of hydrogen-bond donors (Lipinski definition) is 8. The SMILES string of the molecule is CNC(=O)O[C@H](C(=O)N[C@H](C(=O)N(C)[C@H](/C=C(\C)C(=O)NS(=O)(=O)c1ccc(NC(=O)[C@H](CCCNC(N)=O)NC(=O)[C@@H](NC(=O)OCC2c3ccccc3-c3ccccc32)C(C)C)cc1)C(C)C)C(C)(C)C)C(C)(C)c1ccccc1. The molecule has 0 saturated carbocycles. The summed E-state index contributed by atoms with van der Waals surface area (Å²) in [5, 5.41) is 15.7. The molecule has 21 nitrogen and oxygen atoms in total. The monoisotopic (exact) mass is 1150 g/mol. The van der Waals surface area contributed by atoms with Gasteiger partial charge in [-0.05, 0) is 89.1 Å². The number of nitrogens with one attached hydrogen (secondary N) is 7. The number of primary amides is 1. The van der Waals surface area contributed by atoms with Gasteiger partial charge in [0.2, 0.25) is 17.7 Å². The third kappa shape index (κ3) is 16.7. The average Bonchev–Trinajstić information content (AvgIpc) is 3.96. The third-order valence-corrected chi connectivity index (χ3v) is 15.7. The van der Waals surface area contributed by atoms with Gasteiger partial charge in [0.15, 0.2) is 6.10 Å². The molecule has 4 aromatic carbocycles. The molecule has 0 heterocycles. The van der Waals surface area contributed by atoms with E-state index in [4.69, 9.17) is 15.2 Å². The molecular formula is C60H79N9O12S. The quantitative estimate of drug-likeness (QED) is 0.0272. The molecule has 0 radical (unpaired) electrons. The summed E-state index contributed by atoms with van der Waals surface area (Å²) in [7, 11) is -1.65. The highest BCUT2D eigenvalue weighted by atomic mass is 32.2. The van der Waals surface area contributed by atoms with Gasteiger partial charge in [-0.2, -0.15) is 0 Å². The largest absolute Gasteiger partial charge is 0.449 e. The molecule has 9 N–H and O–H groups in total. The number of carbonyl (C=O) groups is 8. The Hall–Kier alpha value is -8.27. The van der Waals surface area contributed by atoms with Crippen molar-refractivity contribution in [1.82, 2.24) is 36.2 Å². The summed E-state index contributed by atoms with van der Waals surface area (Å²) in [4.78, 5) is 108. The molecule has 0 bridgehead atoms. The maximum absolute atomic E-state index is 14.5. The van der Waals surface area contributed by atoms with E-state index in [1.54, 1.807) is 86.6 Å². The van der Waals surface area contributed by atoms with Crippen LogP contribution in [0.1, 0.15) is 105 Å². The Labute approximate surface area is 480 Å². The third-order valence-electron chi connectivity index (χ3n) is 14.3. The second-order valence-electron chi connectivity index (χ2n) is 22.6. The lowest BCUT2D eigenvalue weighted by Crippen LogP contribution is -2.60. The number of benzene rings is 4. The molecule has 4 aromatic rings. The summed E-state index contributed by atoms with van der Waals surface area (Å²) in [6.07, 6.45) is -1.38. The predicted octanol–water partition coefficient (Wildman–Crippen LogP) is 6.59. The number of ether oxygens (including phenoxy) is 2. The summed E-state index contributed by atoms with van der Waals surface area (Å²) in [5.74, 6) is -4.63. The van der Waals surface area contributed by atoms with Crippen molar-refractivity contribution in [2.45, 2.75) is 129 Å². The average molecular weight is 1150 g/mol. The molecule has 0 aromatic heterocycles. The molecule has 0 saturated heterocycles. The van der Waals surface area contributed by atoms with E-state index in [-0.39, 0.29) is 54.0 Å². The molecule has 5 rings (SSSR count). The fraction of sp³-hybridized carbons (Fsp3) is 0.433.